The van der Waals surface area contributed by atoms with E-state index in [2.05, 4.69) is 69.2 Å². The van der Waals surface area contributed by atoms with Gasteiger partial charge >= 0.3 is 0 Å². The van der Waals surface area contributed by atoms with Crippen molar-refractivity contribution in [1.29, 1.82) is 0 Å². The van der Waals surface area contributed by atoms with E-state index in [1.165, 1.54) is 17.5 Å². The first-order chi connectivity index (χ1) is 8.91. The van der Waals surface area contributed by atoms with Crippen LogP contribution in [0.3, 0.4) is 0 Å². The quantitative estimate of drug-likeness (QED) is 0.874. The molecule has 0 amide bonds. The third kappa shape index (κ3) is 3.18. The lowest BCUT2D eigenvalue weighted by atomic mass is 9.85. The fourth-order valence-electron chi connectivity index (χ4n) is 2.94. The highest BCUT2D eigenvalue weighted by Crippen LogP contribution is 2.34. The van der Waals surface area contributed by atoms with Crippen molar-refractivity contribution in [3.8, 4) is 0 Å². The maximum Gasteiger partial charge on any atom is 0.0363 e. The Morgan fingerprint density at radius 2 is 1.95 bits per heavy atom. The van der Waals surface area contributed by atoms with Gasteiger partial charge in [-0.1, -0.05) is 45.0 Å². The molecule has 1 aliphatic heterocycles. The highest BCUT2D eigenvalue weighted by Gasteiger charge is 2.30. The molecule has 1 N–H and O–H groups in total. The number of hydrogen-bond donors (Lipinski definition) is 1. The van der Waals surface area contributed by atoms with Crippen LogP contribution in [0.2, 0.25) is 0 Å². The molecule has 1 aliphatic rings. The predicted octanol–water partition coefficient (Wildman–Crippen LogP) is 3.59. The van der Waals surface area contributed by atoms with Crippen LogP contribution in [0.15, 0.2) is 24.3 Å². The largest absolute Gasteiger partial charge is 0.313 e. The van der Waals surface area contributed by atoms with Crippen molar-refractivity contribution < 1.29 is 0 Å². The van der Waals surface area contributed by atoms with Crippen LogP contribution in [0, 0.1) is 5.41 Å². The van der Waals surface area contributed by atoms with Gasteiger partial charge < -0.3 is 5.32 Å². The molecule has 0 fully saturated rings. The molecule has 2 nitrogen and oxygen atoms in total. The highest BCUT2D eigenvalue weighted by atomic mass is 15.2. The summed E-state index contributed by atoms with van der Waals surface area (Å²) in [5.41, 5.74) is 3.27. The van der Waals surface area contributed by atoms with Gasteiger partial charge in [-0.05, 0) is 43.5 Å². The number of nitrogens with zero attached hydrogens (tertiary/aromatic N) is 1. The van der Waals surface area contributed by atoms with E-state index < -0.39 is 0 Å². The Morgan fingerprint density at radius 1 is 1.26 bits per heavy atom. The number of nitrogens with one attached hydrogen (secondary N) is 1. The van der Waals surface area contributed by atoms with Crippen molar-refractivity contribution >= 4 is 0 Å². The van der Waals surface area contributed by atoms with Gasteiger partial charge in [-0.2, -0.15) is 0 Å². The number of fused-ring (bicyclic) bond motifs is 1. The Balaban J connectivity index is 2.29. The molecule has 0 bridgehead atoms. The van der Waals surface area contributed by atoms with Crippen molar-refractivity contribution in [2.45, 2.75) is 52.7 Å². The summed E-state index contributed by atoms with van der Waals surface area (Å²) in [6, 6.07) is 9.97. The van der Waals surface area contributed by atoms with Crippen molar-refractivity contribution in [3.05, 3.63) is 35.4 Å². The number of benzene rings is 1. The van der Waals surface area contributed by atoms with Crippen LogP contribution < -0.4 is 5.32 Å². The summed E-state index contributed by atoms with van der Waals surface area (Å²) in [7, 11) is 2.28. The molecular formula is C17H28N2. The molecule has 1 aromatic carbocycles. The Morgan fingerprint density at radius 3 is 2.63 bits per heavy atom. The minimum atomic E-state index is 0.309. The molecule has 2 heteroatoms. The van der Waals surface area contributed by atoms with Crippen molar-refractivity contribution in [2.24, 2.45) is 5.41 Å². The summed E-state index contributed by atoms with van der Waals surface area (Å²) >= 11 is 0. The SMILES string of the molecule is CC(N(C)C1CCNCc2ccccc21)C(C)(C)C. The molecule has 0 aromatic heterocycles. The van der Waals surface area contributed by atoms with Gasteiger partial charge in [-0.25, -0.2) is 0 Å². The van der Waals surface area contributed by atoms with Gasteiger partial charge in [-0.3, -0.25) is 4.90 Å². The van der Waals surface area contributed by atoms with E-state index in [4.69, 9.17) is 0 Å². The van der Waals surface area contributed by atoms with E-state index in [-0.39, 0.29) is 0 Å². The van der Waals surface area contributed by atoms with Crippen LogP contribution in [-0.4, -0.2) is 24.5 Å². The number of hydrogen-bond acceptors (Lipinski definition) is 2. The fourth-order valence-corrected chi connectivity index (χ4v) is 2.94. The lowest BCUT2D eigenvalue weighted by Gasteiger charge is -2.40. The topological polar surface area (TPSA) is 15.3 Å². The lowest BCUT2D eigenvalue weighted by Crippen LogP contribution is -2.41. The van der Waals surface area contributed by atoms with Crippen molar-refractivity contribution in [1.82, 2.24) is 10.2 Å². The molecule has 106 valence electrons. The van der Waals surface area contributed by atoms with Gasteiger partial charge in [0.1, 0.15) is 0 Å². The second-order valence-corrected chi connectivity index (χ2v) is 6.89. The van der Waals surface area contributed by atoms with Crippen LogP contribution in [0.4, 0.5) is 0 Å². The monoisotopic (exact) mass is 260 g/mol. The molecule has 1 heterocycles. The lowest BCUT2D eigenvalue weighted by molar-refractivity contribution is 0.0934. The minimum absolute atomic E-state index is 0.309. The first kappa shape index (κ1) is 14.5. The van der Waals surface area contributed by atoms with Gasteiger partial charge in [0.15, 0.2) is 0 Å². The summed E-state index contributed by atoms with van der Waals surface area (Å²) in [6.45, 7) is 11.4. The first-order valence-electron chi connectivity index (χ1n) is 7.41. The average molecular weight is 260 g/mol. The van der Waals surface area contributed by atoms with E-state index in [1.54, 1.807) is 0 Å². The minimum Gasteiger partial charge on any atom is -0.313 e. The molecule has 0 radical (unpaired) electrons. The molecule has 0 saturated carbocycles. The van der Waals surface area contributed by atoms with E-state index in [0.29, 0.717) is 17.5 Å². The van der Waals surface area contributed by atoms with Gasteiger partial charge in [0, 0.05) is 18.6 Å². The molecule has 2 unspecified atom stereocenters. The zero-order valence-corrected chi connectivity index (χ0v) is 13.0. The Labute approximate surface area is 118 Å². The molecule has 1 aromatic rings. The van der Waals surface area contributed by atoms with Crippen LogP contribution in [-0.2, 0) is 6.54 Å². The smallest absolute Gasteiger partial charge is 0.0363 e. The van der Waals surface area contributed by atoms with Crippen LogP contribution in [0.5, 0.6) is 0 Å². The second kappa shape index (κ2) is 5.64. The van der Waals surface area contributed by atoms with Gasteiger partial charge in [-0.15, -0.1) is 0 Å². The first-order valence-corrected chi connectivity index (χ1v) is 7.41. The number of rotatable bonds is 2. The van der Waals surface area contributed by atoms with E-state index in [0.717, 1.165) is 13.1 Å². The maximum atomic E-state index is 3.54. The van der Waals surface area contributed by atoms with Crippen LogP contribution in [0.25, 0.3) is 0 Å². The second-order valence-electron chi connectivity index (χ2n) is 6.89. The third-order valence-electron chi connectivity index (χ3n) is 4.68. The molecular weight excluding hydrogens is 232 g/mol. The highest BCUT2D eigenvalue weighted by molar-refractivity contribution is 5.31. The molecule has 0 aliphatic carbocycles. The summed E-state index contributed by atoms with van der Waals surface area (Å²) in [6.07, 6.45) is 1.19. The molecule has 0 spiro atoms. The third-order valence-corrected chi connectivity index (χ3v) is 4.68. The van der Waals surface area contributed by atoms with Gasteiger partial charge in [0.25, 0.3) is 0 Å². The zero-order chi connectivity index (χ0) is 14.0. The predicted molar refractivity (Wildman–Crippen MR) is 82.2 cm³/mol. The maximum absolute atomic E-state index is 3.54. The van der Waals surface area contributed by atoms with Crippen LogP contribution >= 0.6 is 0 Å². The van der Waals surface area contributed by atoms with E-state index in [1.807, 2.05) is 0 Å². The summed E-state index contributed by atoms with van der Waals surface area (Å²) in [5.74, 6) is 0. The Bertz CT molecular complexity index is 420. The summed E-state index contributed by atoms with van der Waals surface area (Å²) in [5, 5.41) is 3.54. The van der Waals surface area contributed by atoms with Gasteiger partial charge in [0.05, 0.1) is 0 Å². The Kier molecular flexibility index (Phi) is 4.32. The summed E-state index contributed by atoms with van der Waals surface area (Å²) in [4.78, 5) is 2.56. The fraction of sp³-hybridized carbons (Fsp3) is 0.647. The van der Waals surface area contributed by atoms with Gasteiger partial charge in [0.2, 0.25) is 0 Å². The summed E-state index contributed by atoms with van der Waals surface area (Å²) < 4.78 is 0. The standard InChI is InChI=1S/C17H28N2/c1-13(17(2,3)4)19(5)16-10-11-18-12-14-8-6-7-9-15(14)16/h6-9,13,16,18H,10-12H2,1-5H3. The van der Waals surface area contributed by atoms with Crippen molar-refractivity contribution in [3.63, 3.8) is 0 Å². The molecule has 2 atom stereocenters. The Hall–Kier alpha value is -0.860. The van der Waals surface area contributed by atoms with E-state index >= 15 is 0 Å². The van der Waals surface area contributed by atoms with E-state index in [9.17, 15) is 0 Å². The zero-order valence-electron chi connectivity index (χ0n) is 13.0. The van der Waals surface area contributed by atoms with Crippen LogP contribution in [0.1, 0.15) is 51.3 Å². The molecule has 2 rings (SSSR count). The average Bonchev–Trinajstić information content (AvgIpc) is 2.58. The normalized spacial score (nSPS) is 21.9. The van der Waals surface area contributed by atoms with Crippen molar-refractivity contribution in [2.75, 3.05) is 13.6 Å². The molecule has 0 saturated heterocycles. The molecule has 19 heavy (non-hydrogen) atoms.